The van der Waals surface area contributed by atoms with E-state index < -0.39 is 29.2 Å². The summed E-state index contributed by atoms with van der Waals surface area (Å²) >= 11 is 0. The molecule has 1 heterocycles. The number of aliphatic carboxylic acids is 2. The molecule has 0 saturated carbocycles. The van der Waals surface area contributed by atoms with Gasteiger partial charge in [-0.2, -0.15) is 0 Å². The standard InChI is InChI=1S/C22H26FNO5/c1-14-11-17(20(25)26)15(2)22(12-14,21(27)28)24-9-7-16(8-10-24)13-29-19-6-4-3-5-18(19)23/h3-6,11-12,15-16H,7-10,13H2,1-2H3,(H,25,26)(H,27,28). The average molecular weight is 403 g/mol. The topological polar surface area (TPSA) is 87.1 Å². The maximum Gasteiger partial charge on any atom is 0.331 e. The minimum atomic E-state index is -1.38. The normalized spacial score (nSPS) is 25.8. The number of carboxylic acid groups (broad SMARTS) is 2. The predicted molar refractivity (Wildman–Crippen MR) is 105 cm³/mol. The fraction of sp³-hybridized carbons (Fsp3) is 0.455. The lowest BCUT2D eigenvalue weighted by atomic mass is 9.72. The molecule has 1 aromatic rings. The van der Waals surface area contributed by atoms with Crippen LogP contribution in [0, 0.1) is 17.7 Å². The van der Waals surface area contributed by atoms with Gasteiger partial charge in [0.05, 0.1) is 6.61 Å². The number of allylic oxidation sites excluding steroid dienone is 2. The van der Waals surface area contributed by atoms with Crippen molar-refractivity contribution < 1.29 is 28.9 Å². The van der Waals surface area contributed by atoms with Crippen LogP contribution in [-0.2, 0) is 9.59 Å². The molecular formula is C22H26FNO5. The van der Waals surface area contributed by atoms with E-state index in [-0.39, 0.29) is 17.2 Å². The number of carbonyl (C=O) groups is 2. The number of carboxylic acids is 2. The van der Waals surface area contributed by atoms with Crippen molar-refractivity contribution in [3.8, 4) is 5.75 Å². The largest absolute Gasteiger partial charge is 0.490 e. The molecule has 0 spiro atoms. The Morgan fingerprint density at radius 1 is 1.24 bits per heavy atom. The van der Waals surface area contributed by atoms with Crippen LogP contribution in [-0.4, -0.2) is 52.3 Å². The highest BCUT2D eigenvalue weighted by molar-refractivity contribution is 5.93. The Bertz CT molecular complexity index is 857. The van der Waals surface area contributed by atoms with Gasteiger partial charge in [-0.25, -0.2) is 14.0 Å². The van der Waals surface area contributed by atoms with Gasteiger partial charge in [-0.15, -0.1) is 0 Å². The van der Waals surface area contributed by atoms with E-state index in [0.29, 0.717) is 38.1 Å². The summed E-state index contributed by atoms with van der Waals surface area (Å²) in [7, 11) is 0. The van der Waals surface area contributed by atoms with Gasteiger partial charge in [0.15, 0.2) is 11.6 Å². The van der Waals surface area contributed by atoms with Crippen LogP contribution >= 0.6 is 0 Å². The number of benzene rings is 1. The van der Waals surface area contributed by atoms with E-state index in [1.165, 1.54) is 6.07 Å². The summed E-state index contributed by atoms with van der Waals surface area (Å²) in [5.74, 6) is -2.84. The van der Waals surface area contributed by atoms with E-state index in [1.807, 2.05) is 4.90 Å². The average Bonchev–Trinajstić information content (AvgIpc) is 2.69. The lowest BCUT2D eigenvalue weighted by Crippen LogP contribution is -2.61. The summed E-state index contributed by atoms with van der Waals surface area (Å²) in [6.07, 6.45) is 4.59. The summed E-state index contributed by atoms with van der Waals surface area (Å²) in [4.78, 5) is 25.9. The van der Waals surface area contributed by atoms with Crippen molar-refractivity contribution in [1.82, 2.24) is 4.90 Å². The van der Waals surface area contributed by atoms with E-state index in [9.17, 15) is 24.2 Å². The first-order valence-electron chi connectivity index (χ1n) is 9.75. The maximum absolute atomic E-state index is 13.7. The van der Waals surface area contributed by atoms with Crippen molar-refractivity contribution in [2.45, 2.75) is 32.2 Å². The maximum atomic E-state index is 13.7. The van der Waals surface area contributed by atoms with Crippen molar-refractivity contribution in [3.63, 3.8) is 0 Å². The monoisotopic (exact) mass is 403 g/mol. The lowest BCUT2D eigenvalue weighted by Gasteiger charge is -2.47. The Morgan fingerprint density at radius 3 is 2.48 bits per heavy atom. The molecule has 0 radical (unpaired) electrons. The smallest absolute Gasteiger partial charge is 0.331 e. The zero-order chi connectivity index (χ0) is 21.2. The van der Waals surface area contributed by atoms with E-state index in [2.05, 4.69) is 0 Å². The Hall–Kier alpha value is -2.67. The second-order valence-electron chi connectivity index (χ2n) is 7.82. The van der Waals surface area contributed by atoms with Crippen molar-refractivity contribution in [1.29, 1.82) is 0 Å². The molecule has 1 aliphatic heterocycles. The summed E-state index contributed by atoms with van der Waals surface area (Å²) < 4.78 is 19.3. The fourth-order valence-corrected chi connectivity index (χ4v) is 4.35. The number of piperidine rings is 1. The van der Waals surface area contributed by atoms with Gasteiger partial charge in [0, 0.05) is 11.5 Å². The van der Waals surface area contributed by atoms with Gasteiger partial charge in [-0.1, -0.05) is 24.6 Å². The van der Waals surface area contributed by atoms with E-state index in [1.54, 1.807) is 44.2 Å². The first-order chi connectivity index (χ1) is 13.8. The third-order valence-electron chi connectivity index (χ3n) is 6.00. The summed E-state index contributed by atoms with van der Waals surface area (Å²) in [5.41, 5.74) is -0.644. The van der Waals surface area contributed by atoms with Crippen LogP contribution in [0.4, 0.5) is 4.39 Å². The number of rotatable bonds is 6. The highest BCUT2D eigenvalue weighted by Gasteiger charge is 2.51. The second-order valence-corrected chi connectivity index (χ2v) is 7.82. The number of ether oxygens (including phenoxy) is 1. The molecule has 0 aromatic heterocycles. The van der Waals surface area contributed by atoms with Crippen molar-refractivity contribution in [2.24, 2.45) is 11.8 Å². The molecule has 3 rings (SSSR count). The molecule has 1 aliphatic carbocycles. The molecule has 2 atom stereocenters. The Labute approximate surface area is 169 Å². The summed E-state index contributed by atoms with van der Waals surface area (Å²) in [6, 6.07) is 6.25. The number of hydrogen-bond donors (Lipinski definition) is 2. The molecular weight excluding hydrogens is 377 g/mol. The summed E-state index contributed by atoms with van der Waals surface area (Å²) in [6.45, 7) is 4.74. The molecule has 6 nitrogen and oxygen atoms in total. The number of hydrogen-bond acceptors (Lipinski definition) is 4. The first kappa shape index (κ1) is 21.0. The lowest BCUT2D eigenvalue weighted by molar-refractivity contribution is -0.152. The third kappa shape index (κ3) is 4.05. The zero-order valence-corrected chi connectivity index (χ0v) is 16.6. The SMILES string of the molecule is CC1=CC(C(=O)O)(N2CCC(COc3ccccc3F)CC2)C(C)C(C(=O)O)=C1. The second kappa shape index (κ2) is 8.37. The molecule has 2 unspecified atom stereocenters. The molecule has 1 saturated heterocycles. The Morgan fingerprint density at radius 2 is 1.90 bits per heavy atom. The van der Waals surface area contributed by atoms with Gasteiger partial charge in [-0.05, 0) is 63.1 Å². The Balaban J connectivity index is 1.71. The molecule has 0 amide bonds. The molecule has 2 N–H and O–H groups in total. The van der Waals surface area contributed by atoms with Gasteiger partial charge in [0.2, 0.25) is 0 Å². The van der Waals surface area contributed by atoms with Crippen LogP contribution in [0.25, 0.3) is 0 Å². The van der Waals surface area contributed by atoms with Crippen molar-refractivity contribution in [3.05, 3.63) is 53.4 Å². The number of para-hydroxylation sites is 1. The van der Waals surface area contributed by atoms with Gasteiger partial charge in [-0.3, -0.25) is 4.90 Å². The zero-order valence-electron chi connectivity index (χ0n) is 16.6. The predicted octanol–water partition coefficient (Wildman–Crippen LogP) is 3.35. The van der Waals surface area contributed by atoms with Gasteiger partial charge in [0.1, 0.15) is 5.54 Å². The van der Waals surface area contributed by atoms with Crippen LogP contribution in [0.1, 0.15) is 26.7 Å². The highest BCUT2D eigenvalue weighted by atomic mass is 19.1. The van der Waals surface area contributed by atoms with Crippen LogP contribution in [0.15, 0.2) is 47.6 Å². The fourth-order valence-electron chi connectivity index (χ4n) is 4.35. The molecule has 29 heavy (non-hydrogen) atoms. The minimum absolute atomic E-state index is 0.109. The van der Waals surface area contributed by atoms with Gasteiger partial charge < -0.3 is 14.9 Å². The molecule has 0 bridgehead atoms. The first-order valence-corrected chi connectivity index (χ1v) is 9.75. The molecule has 1 fully saturated rings. The van der Waals surface area contributed by atoms with Crippen LogP contribution in [0.3, 0.4) is 0 Å². The quantitative estimate of drug-likeness (QED) is 0.758. The van der Waals surface area contributed by atoms with E-state index >= 15 is 0 Å². The third-order valence-corrected chi connectivity index (χ3v) is 6.00. The van der Waals surface area contributed by atoms with Crippen molar-refractivity contribution >= 4 is 11.9 Å². The number of nitrogens with zero attached hydrogens (tertiary/aromatic N) is 1. The van der Waals surface area contributed by atoms with Crippen LogP contribution < -0.4 is 4.74 Å². The Kier molecular flexibility index (Phi) is 6.07. The molecule has 2 aliphatic rings. The number of halogens is 1. The van der Waals surface area contributed by atoms with Crippen LogP contribution in [0.2, 0.25) is 0 Å². The van der Waals surface area contributed by atoms with E-state index in [4.69, 9.17) is 4.74 Å². The number of likely N-dealkylation sites (tertiary alicyclic amines) is 1. The van der Waals surface area contributed by atoms with Crippen molar-refractivity contribution in [2.75, 3.05) is 19.7 Å². The van der Waals surface area contributed by atoms with Gasteiger partial charge >= 0.3 is 11.9 Å². The highest BCUT2D eigenvalue weighted by Crippen LogP contribution is 2.40. The van der Waals surface area contributed by atoms with Crippen LogP contribution in [0.5, 0.6) is 5.75 Å². The minimum Gasteiger partial charge on any atom is -0.490 e. The molecule has 156 valence electrons. The van der Waals surface area contributed by atoms with Gasteiger partial charge in [0.25, 0.3) is 0 Å². The van der Waals surface area contributed by atoms with E-state index in [0.717, 1.165) is 0 Å². The molecule has 1 aromatic carbocycles. The summed E-state index contributed by atoms with van der Waals surface area (Å²) in [5, 5.41) is 19.6. The molecule has 7 heteroatoms.